The summed E-state index contributed by atoms with van der Waals surface area (Å²) in [7, 11) is 0. The van der Waals surface area contributed by atoms with Gasteiger partial charge in [-0.15, -0.1) is 0 Å². The fraction of sp³-hybridized carbons (Fsp3) is 0.286. The lowest BCUT2D eigenvalue weighted by Gasteiger charge is -2.45. The average molecular weight is 411 g/mol. The number of nitrogens with two attached hydrogens (primary N) is 1. The van der Waals surface area contributed by atoms with Gasteiger partial charge in [0.2, 0.25) is 5.78 Å². The van der Waals surface area contributed by atoms with Gasteiger partial charge >= 0.3 is 0 Å². The quantitative estimate of drug-likeness (QED) is 0.437. The molecule has 0 spiro atoms. The van der Waals surface area contributed by atoms with E-state index in [9.17, 15) is 34.8 Å². The molecule has 0 bridgehead atoms. The van der Waals surface area contributed by atoms with E-state index in [1.54, 1.807) is 12.1 Å². The Hall–Kier alpha value is -3.59. The van der Waals surface area contributed by atoms with E-state index in [1.807, 2.05) is 0 Å². The van der Waals surface area contributed by atoms with Gasteiger partial charge in [0.25, 0.3) is 5.91 Å². The summed E-state index contributed by atoms with van der Waals surface area (Å²) in [5.74, 6) is -6.48. The summed E-state index contributed by atoms with van der Waals surface area (Å²) < 4.78 is 5.23. The highest BCUT2D eigenvalue weighted by Crippen LogP contribution is 2.51. The summed E-state index contributed by atoms with van der Waals surface area (Å²) >= 11 is 0. The first-order valence-corrected chi connectivity index (χ1v) is 9.35. The minimum atomic E-state index is -2.56. The number of allylic oxidation sites excluding steroid dienone is 2. The van der Waals surface area contributed by atoms with Crippen molar-refractivity contribution in [1.29, 1.82) is 0 Å². The van der Waals surface area contributed by atoms with Crippen LogP contribution in [0.3, 0.4) is 0 Å². The van der Waals surface area contributed by atoms with Crippen LogP contribution >= 0.6 is 0 Å². The highest BCUT2D eigenvalue weighted by Gasteiger charge is 2.59. The first kappa shape index (κ1) is 18.4. The summed E-state index contributed by atoms with van der Waals surface area (Å²) in [4.78, 5) is 37.7. The molecule has 154 valence electrons. The van der Waals surface area contributed by atoms with Crippen molar-refractivity contribution in [2.45, 2.75) is 24.9 Å². The number of carbonyl (C=O) groups is 3. The Morgan fingerprint density at radius 1 is 1.20 bits per heavy atom. The van der Waals surface area contributed by atoms with E-state index < -0.39 is 52.0 Å². The molecule has 5 rings (SSSR count). The lowest BCUT2D eigenvalue weighted by Crippen LogP contribution is -2.57. The van der Waals surface area contributed by atoms with Crippen LogP contribution in [0, 0.1) is 11.8 Å². The molecule has 1 amide bonds. The third-order valence-electron chi connectivity index (χ3n) is 6.47. The Labute approximate surface area is 168 Å². The Bertz CT molecular complexity index is 1250. The Morgan fingerprint density at radius 2 is 1.93 bits per heavy atom. The zero-order valence-corrected chi connectivity index (χ0v) is 15.5. The van der Waals surface area contributed by atoms with Crippen LogP contribution < -0.4 is 5.73 Å². The van der Waals surface area contributed by atoms with Crippen molar-refractivity contribution >= 4 is 28.4 Å². The van der Waals surface area contributed by atoms with Gasteiger partial charge in [0.15, 0.2) is 22.7 Å². The van der Waals surface area contributed by atoms with Crippen molar-refractivity contribution in [3.8, 4) is 5.75 Å². The van der Waals surface area contributed by atoms with Gasteiger partial charge in [-0.1, -0.05) is 0 Å². The normalized spacial score (nSPS) is 28.4. The fourth-order valence-corrected chi connectivity index (χ4v) is 5.10. The summed E-state index contributed by atoms with van der Waals surface area (Å²) in [5.41, 5.74) is 2.23. The summed E-state index contributed by atoms with van der Waals surface area (Å²) in [6.45, 7) is 0. The van der Waals surface area contributed by atoms with Crippen LogP contribution in [0.1, 0.15) is 28.8 Å². The number of fused-ring (bicyclic) bond motifs is 4. The molecule has 1 aromatic carbocycles. The van der Waals surface area contributed by atoms with Crippen LogP contribution in [0.2, 0.25) is 0 Å². The monoisotopic (exact) mass is 411 g/mol. The average Bonchev–Trinajstić information content (AvgIpc) is 3.13. The van der Waals surface area contributed by atoms with Crippen molar-refractivity contribution in [1.82, 2.24) is 0 Å². The smallest absolute Gasteiger partial charge is 0.255 e. The fourth-order valence-electron chi connectivity index (χ4n) is 5.10. The van der Waals surface area contributed by atoms with Crippen LogP contribution in [0.25, 0.3) is 11.0 Å². The number of ketones is 2. The first-order chi connectivity index (χ1) is 14.2. The number of aliphatic hydroxyl groups is 3. The lowest BCUT2D eigenvalue weighted by atomic mass is 9.60. The number of phenols is 1. The van der Waals surface area contributed by atoms with Crippen LogP contribution in [-0.2, 0) is 16.0 Å². The van der Waals surface area contributed by atoms with Crippen molar-refractivity contribution < 1.29 is 39.2 Å². The summed E-state index contributed by atoms with van der Waals surface area (Å²) in [6.07, 6.45) is 1.50. The van der Waals surface area contributed by atoms with Crippen molar-refractivity contribution in [2.75, 3.05) is 0 Å². The molecule has 0 saturated carbocycles. The molecule has 3 atom stereocenters. The van der Waals surface area contributed by atoms with Gasteiger partial charge in [-0.25, -0.2) is 0 Å². The third-order valence-corrected chi connectivity index (χ3v) is 6.47. The molecule has 30 heavy (non-hydrogen) atoms. The number of Topliss-reactive ketones (excluding diaryl/α,β-unsaturated/α-hetero) is 2. The number of aliphatic hydroxyl groups excluding tert-OH is 2. The number of phenolic OH excluding ortho intramolecular Hbond substituents is 1. The highest BCUT2D eigenvalue weighted by molar-refractivity contribution is 6.24. The molecule has 1 unspecified atom stereocenters. The van der Waals surface area contributed by atoms with Crippen LogP contribution in [-0.4, -0.2) is 43.5 Å². The Kier molecular flexibility index (Phi) is 3.52. The molecular formula is C21H17NO8. The summed E-state index contributed by atoms with van der Waals surface area (Å²) in [5, 5.41) is 43.4. The van der Waals surface area contributed by atoms with E-state index in [2.05, 4.69) is 0 Å². The molecule has 3 aliphatic rings. The topological polar surface area (TPSA) is 171 Å². The number of hydrogen-bond acceptors (Lipinski definition) is 8. The standard InChI is InChI=1S/C21H17NO8/c22-20(28)14-11(23)6-10-5-9-4-8-3-7-1-2-30-17(7)16(25)12(8)15(24)13(9)18(26)21(10,29)19(14)27/h1-3,9-10,23,25-26,29H,4-6H2,(H2,22,28)/t9?,10-,21-/m0/s1. The number of hydrogen-bond donors (Lipinski definition) is 5. The van der Waals surface area contributed by atoms with E-state index in [1.165, 1.54) is 6.26 Å². The molecule has 0 saturated heterocycles. The predicted octanol–water partition coefficient (Wildman–Crippen LogP) is 1.33. The maximum atomic E-state index is 13.3. The molecule has 0 radical (unpaired) electrons. The minimum absolute atomic E-state index is 0.0610. The van der Waals surface area contributed by atoms with E-state index in [4.69, 9.17) is 10.2 Å². The number of amides is 1. The van der Waals surface area contributed by atoms with E-state index in [0.29, 0.717) is 10.9 Å². The number of furan rings is 1. The minimum Gasteiger partial charge on any atom is -0.511 e. The van der Waals surface area contributed by atoms with E-state index in [-0.39, 0.29) is 41.7 Å². The molecule has 0 aliphatic heterocycles. The predicted molar refractivity (Wildman–Crippen MR) is 101 cm³/mol. The molecule has 6 N–H and O–H groups in total. The largest absolute Gasteiger partial charge is 0.511 e. The third kappa shape index (κ3) is 2.07. The maximum Gasteiger partial charge on any atom is 0.255 e. The molecule has 0 fully saturated rings. The second-order valence-electron chi connectivity index (χ2n) is 8.01. The van der Waals surface area contributed by atoms with Gasteiger partial charge in [0.05, 0.1) is 11.8 Å². The zero-order chi connectivity index (χ0) is 21.5. The molecule has 2 aromatic rings. The highest BCUT2D eigenvalue weighted by atomic mass is 16.4. The molecular weight excluding hydrogens is 394 g/mol. The number of carbonyl (C=O) groups excluding carboxylic acids is 3. The van der Waals surface area contributed by atoms with Gasteiger partial charge in [-0.05, 0) is 36.5 Å². The first-order valence-electron chi connectivity index (χ1n) is 9.35. The van der Waals surface area contributed by atoms with Gasteiger partial charge < -0.3 is 30.6 Å². The van der Waals surface area contributed by atoms with Crippen molar-refractivity contribution in [2.24, 2.45) is 17.6 Å². The molecule has 9 nitrogen and oxygen atoms in total. The van der Waals surface area contributed by atoms with Crippen LogP contribution in [0.5, 0.6) is 5.75 Å². The van der Waals surface area contributed by atoms with Gasteiger partial charge in [-0.2, -0.15) is 0 Å². The van der Waals surface area contributed by atoms with Crippen molar-refractivity contribution in [3.05, 3.63) is 52.2 Å². The SMILES string of the molecule is NC(=O)C1=C(O)C[C@@H]2CC3Cc4cc5ccoc5c(O)c4C(=O)C3=C(O)[C@]2(O)C1=O. The zero-order valence-electron chi connectivity index (χ0n) is 15.5. The lowest BCUT2D eigenvalue weighted by molar-refractivity contribution is -0.144. The molecule has 3 aliphatic carbocycles. The van der Waals surface area contributed by atoms with Crippen LogP contribution in [0.4, 0.5) is 0 Å². The van der Waals surface area contributed by atoms with Crippen molar-refractivity contribution in [3.63, 3.8) is 0 Å². The van der Waals surface area contributed by atoms with Gasteiger partial charge in [0, 0.05) is 23.3 Å². The van der Waals surface area contributed by atoms with Gasteiger partial charge in [0.1, 0.15) is 17.1 Å². The van der Waals surface area contributed by atoms with Crippen LogP contribution in [0.15, 0.2) is 45.5 Å². The second-order valence-corrected chi connectivity index (χ2v) is 8.01. The van der Waals surface area contributed by atoms with E-state index >= 15 is 0 Å². The summed E-state index contributed by atoms with van der Waals surface area (Å²) in [6, 6.07) is 3.37. The van der Waals surface area contributed by atoms with Gasteiger partial charge in [-0.3, -0.25) is 14.4 Å². The second kappa shape index (κ2) is 5.73. The Balaban J connectivity index is 1.71. The maximum absolute atomic E-state index is 13.3. The molecule has 9 heteroatoms. The van der Waals surface area contributed by atoms with E-state index in [0.717, 1.165) is 0 Å². The number of rotatable bonds is 1. The Morgan fingerprint density at radius 3 is 2.63 bits per heavy atom. The molecule has 1 heterocycles. The molecule has 1 aromatic heterocycles. The number of aromatic hydroxyl groups is 1. The number of primary amides is 1. The number of benzene rings is 1.